The van der Waals surface area contributed by atoms with Gasteiger partial charge in [-0.05, 0) is 30.4 Å². The molecule has 2 aromatic heterocycles. The Labute approximate surface area is 126 Å². The number of rotatable bonds is 3. The number of primary amides is 1. The van der Waals surface area contributed by atoms with Gasteiger partial charge in [0.25, 0.3) is 0 Å². The van der Waals surface area contributed by atoms with E-state index in [1.165, 1.54) is 11.5 Å². The molecule has 1 aliphatic heterocycles. The average molecular weight is 303 g/mol. The zero-order chi connectivity index (χ0) is 14.8. The van der Waals surface area contributed by atoms with Crippen molar-refractivity contribution in [2.75, 3.05) is 23.7 Å². The van der Waals surface area contributed by atoms with Crippen LogP contribution in [0, 0.1) is 5.92 Å². The molecule has 3 heterocycles. The number of amides is 1. The summed E-state index contributed by atoms with van der Waals surface area (Å²) in [6.07, 6.45) is 5.29. The molecule has 1 unspecified atom stereocenters. The predicted molar refractivity (Wildman–Crippen MR) is 83.9 cm³/mol. The Morgan fingerprint density at radius 2 is 2.33 bits per heavy atom. The largest absolute Gasteiger partial charge is 0.382 e. The Kier molecular flexibility index (Phi) is 3.74. The van der Waals surface area contributed by atoms with Crippen LogP contribution >= 0.6 is 11.5 Å². The van der Waals surface area contributed by atoms with E-state index in [9.17, 15) is 4.79 Å². The Morgan fingerprint density at radius 1 is 1.48 bits per heavy atom. The minimum absolute atomic E-state index is 0.108. The van der Waals surface area contributed by atoms with Crippen molar-refractivity contribution in [3.63, 3.8) is 0 Å². The molecule has 2 aromatic rings. The van der Waals surface area contributed by atoms with E-state index in [0.717, 1.165) is 35.5 Å². The van der Waals surface area contributed by atoms with E-state index in [0.29, 0.717) is 12.4 Å². The summed E-state index contributed by atoms with van der Waals surface area (Å²) in [7, 11) is 0. The average Bonchev–Trinajstić information content (AvgIpc) is 2.90. The van der Waals surface area contributed by atoms with Gasteiger partial charge in [0.15, 0.2) is 0 Å². The van der Waals surface area contributed by atoms with Gasteiger partial charge in [0, 0.05) is 31.0 Å². The number of carbonyl (C=O) groups excluding carboxylic acids is 1. The number of nitrogens with zero attached hydrogens (tertiary/aromatic N) is 3. The van der Waals surface area contributed by atoms with Crippen molar-refractivity contribution < 1.29 is 4.79 Å². The molecule has 0 spiro atoms. The summed E-state index contributed by atoms with van der Waals surface area (Å²) in [6.45, 7) is 1.52. The number of carbonyl (C=O) groups is 1. The lowest BCUT2D eigenvalue weighted by molar-refractivity contribution is -0.122. The quantitative estimate of drug-likeness (QED) is 0.895. The number of nitrogens with two attached hydrogens (primary N) is 2. The van der Waals surface area contributed by atoms with E-state index >= 15 is 0 Å². The second-order valence-electron chi connectivity index (χ2n) is 5.18. The van der Waals surface area contributed by atoms with Gasteiger partial charge < -0.3 is 16.4 Å². The highest BCUT2D eigenvalue weighted by Gasteiger charge is 2.27. The van der Waals surface area contributed by atoms with Crippen LogP contribution in [0.15, 0.2) is 24.5 Å². The SMILES string of the molecule is NC(=O)C1CCCN(c2snc(N)c2-c2cccnc2)C1. The summed E-state index contributed by atoms with van der Waals surface area (Å²) in [4.78, 5) is 17.7. The third kappa shape index (κ3) is 2.69. The molecule has 1 aliphatic rings. The fourth-order valence-electron chi connectivity index (χ4n) is 2.68. The molecule has 1 atom stereocenters. The van der Waals surface area contributed by atoms with Gasteiger partial charge in [-0.15, -0.1) is 0 Å². The van der Waals surface area contributed by atoms with E-state index in [4.69, 9.17) is 11.5 Å². The molecule has 3 rings (SSSR count). The summed E-state index contributed by atoms with van der Waals surface area (Å²) in [5.74, 6) is 0.160. The second-order valence-corrected chi connectivity index (χ2v) is 5.93. The lowest BCUT2D eigenvalue weighted by Gasteiger charge is -2.32. The number of hydrogen-bond acceptors (Lipinski definition) is 6. The molecule has 0 aliphatic carbocycles. The van der Waals surface area contributed by atoms with Gasteiger partial charge in [-0.25, -0.2) is 0 Å². The van der Waals surface area contributed by atoms with Crippen LogP contribution in [0.25, 0.3) is 11.1 Å². The summed E-state index contributed by atoms with van der Waals surface area (Å²) in [5.41, 5.74) is 13.3. The van der Waals surface area contributed by atoms with Gasteiger partial charge in [-0.1, -0.05) is 6.07 Å². The van der Waals surface area contributed by atoms with Gasteiger partial charge in [0.05, 0.1) is 11.5 Å². The van der Waals surface area contributed by atoms with Crippen molar-refractivity contribution in [1.82, 2.24) is 9.36 Å². The number of aromatic nitrogens is 2. The van der Waals surface area contributed by atoms with Crippen LogP contribution < -0.4 is 16.4 Å². The van der Waals surface area contributed by atoms with Gasteiger partial charge in [-0.3, -0.25) is 9.78 Å². The Hall–Kier alpha value is -2.15. The first-order valence-electron chi connectivity index (χ1n) is 6.86. The topological polar surface area (TPSA) is 98.1 Å². The van der Waals surface area contributed by atoms with Gasteiger partial charge in [0.2, 0.25) is 5.91 Å². The second kappa shape index (κ2) is 5.69. The van der Waals surface area contributed by atoms with Gasteiger partial charge in [0.1, 0.15) is 10.8 Å². The maximum absolute atomic E-state index is 11.4. The van der Waals surface area contributed by atoms with Crippen molar-refractivity contribution in [3.8, 4) is 11.1 Å². The first-order chi connectivity index (χ1) is 10.2. The van der Waals surface area contributed by atoms with E-state index < -0.39 is 0 Å². The standard InChI is InChI=1S/C14H17N5OS/c15-12-11(9-3-1-5-17-7-9)14(21-18-12)19-6-2-4-10(8-19)13(16)20/h1,3,5,7,10H,2,4,6,8H2,(H2,15,18)(H2,16,20). The van der Waals surface area contributed by atoms with Gasteiger partial charge >= 0.3 is 0 Å². The number of hydrogen-bond donors (Lipinski definition) is 2. The molecule has 0 bridgehead atoms. The van der Waals surface area contributed by atoms with Crippen LogP contribution in [0.2, 0.25) is 0 Å². The molecule has 0 aromatic carbocycles. The molecule has 4 N–H and O–H groups in total. The van der Waals surface area contributed by atoms with E-state index in [-0.39, 0.29) is 11.8 Å². The molecule has 6 nitrogen and oxygen atoms in total. The zero-order valence-electron chi connectivity index (χ0n) is 11.5. The van der Waals surface area contributed by atoms with E-state index in [1.807, 2.05) is 12.1 Å². The van der Waals surface area contributed by atoms with Crippen molar-refractivity contribution in [1.29, 1.82) is 0 Å². The Balaban J connectivity index is 1.95. The number of nitrogen functional groups attached to an aromatic ring is 1. The maximum atomic E-state index is 11.4. The van der Waals surface area contributed by atoms with Crippen LogP contribution in [-0.2, 0) is 4.79 Å². The highest BCUT2D eigenvalue weighted by Crippen LogP contribution is 2.40. The van der Waals surface area contributed by atoms with Crippen LogP contribution in [0.3, 0.4) is 0 Å². The van der Waals surface area contributed by atoms with Crippen LogP contribution in [0.1, 0.15) is 12.8 Å². The normalized spacial score (nSPS) is 18.7. The molecule has 1 saturated heterocycles. The van der Waals surface area contributed by atoms with Crippen LogP contribution in [-0.4, -0.2) is 28.4 Å². The highest BCUT2D eigenvalue weighted by atomic mass is 32.1. The fourth-order valence-corrected chi connectivity index (χ4v) is 3.56. The van der Waals surface area contributed by atoms with Gasteiger partial charge in [-0.2, -0.15) is 4.37 Å². The molecule has 110 valence electrons. The molecule has 0 radical (unpaired) electrons. The molecule has 21 heavy (non-hydrogen) atoms. The number of pyridine rings is 1. The third-order valence-corrected chi connectivity index (χ3v) is 4.68. The minimum atomic E-state index is -0.236. The molecule has 0 saturated carbocycles. The van der Waals surface area contributed by atoms with Crippen LogP contribution in [0.4, 0.5) is 10.8 Å². The first kappa shape index (κ1) is 13.8. The maximum Gasteiger partial charge on any atom is 0.222 e. The number of anilines is 2. The monoisotopic (exact) mass is 303 g/mol. The third-order valence-electron chi connectivity index (χ3n) is 3.76. The van der Waals surface area contributed by atoms with Crippen molar-refractivity contribution in [2.24, 2.45) is 11.7 Å². The fraction of sp³-hybridized carbons (Fsp3) is 0.357. The van der Waals surface area contributed by atoms with Crippen molar-refractivity contribution in [3.05, 3.63) is 24.5 Å². The van der Waals surface area contributed by atoms with E-state index in [2.05, 4.69) is 14.3 Å². The lowest BCUT2D eigenvalue weighted by Crippen LogP contribution is -2.41. The van der Waals surface area contributed by atoms with Crippen molar-refractivity contribution >= 4 is 28.3 Å². The smallest absolute Gasteiger partial charge is 0.222 e. The summed E-state index contributed by atoms with van der Waals surface area (Å²) in [5, 5.41) is 0.992. The summed E-state index contributed by atoms with van der Waals surface area (Å²) >= 11 is 1.36. The Morgan fingerprint density at radius 3 is 3.05 bits per heavy atom. The van der Waals surface area contributed by atoms with Crippen LogP contribution in [0.5, 0.6) is 0 Å². The molecular weight excluding hydrogens is 286 g/mol. The summed E-state index contributed by atoms with van der Waals surface area (Å²) in [6, 6.07) is 3.84. The first-order valence-corrected chi connectivity index (χ1v) is 7.64. The van der Waals surface area contributed by atoms with Crippen molar-refractivity contribution in [2.45, 2.75) is 12.8 Å². The molecule has 1 fully saturated rings. The molecule has 1 amide bonds. The predicted octanol–water partition coefficient (Wildman–Crippen LogP) is 1.49. The molecule has 7 heteroatoms. The molecular formula is C14H17N5OS. The minimum Gasteiger partial charge on any atom is -0.382 e. The zero-order valence-corrected chi connectivity index (χ0v) is 12.3. The summed E-state index contributed by atoms with van der Waals surface area (Å²) < 4.78 is 4.27. The number of piperidine rings is 1. The lowest BCUT2D eigenvalue weighted by atomic mass is 9.97. The highest BCUT2D eigenvalue weighted by molar-refractivity contribution is 7.11. The van der Waals surface area contributed by atoms with E-state index in [1.54, 1.807) is 12.4 Å². The Bertz CT molecular complexity index is 642.